The largest absolute Gasteiger partial charge is 0.489 e. The molecule has 0 radical (unpaired) electrons. The van der Waals surface area contributed by atoms with Crippen molar-refractivity contribution in [2.24, 2.45) is 11.8 Å². The Morgan fingerprint density at radius 2 is 1.86 bits per heavy atom. The number of benzene rings is 2. The number of carbonyl (C=O) groups is 2. The summed E-state index contributed by atoms with van der Waals surface area (Å²) in [5, 5.41) is 2.92. The molecule has 148 valence electrons. The molecule has 5 nitrogen and oxygen atoms in total. The number of hydrogen-bond acceptors (Lipinski definition) is 3. The Morgan fingerprint density at radius 3 is 2.50 bits per heavy atom. The van der Waals surface area contributed by atoms with Crippen molar-refractivity contribution in [3.05, 3.63) is 58.6 Å². The van der Waals surface area contributed by atoms with Crippen molar-refractivity contribution in [1.29, 1.82) is 0 Å². The molecule has 0 aromatic heterocycles. The van der Waals surface area contributed by atoms with Crippen molar-refractivity contribution < 1.29 is 14.3 Å². The van der Waals surface area contributed by atoms with E-state index in [1.54, 1.807) is 4.90 Å². The van der Waals surface area contributed by atoms with Crippen molar-refractivity contribution in [2.45, 2.75) is 26.9 Å². The summed E-state index contributed by atoms with van der Waals surface area (Å²) in [5.74, 6) is 0.776. The third kappa shape index (κ3) is 5.35. The van der Waals surface area contributed by atoms with E-state index in [9.17, 15) is 9.59 Å². The van der Waals surface area contributed by atoms with Crippen LogP contribution in [0.5, 0.6) is 5.75 Å². The molecule has 2 aromatic rings. The van der Waals surface area contributed by atoms with Crippen LogP contribution in [0.25, 0.3) is 0 Å². The first-order chi connectivity index (χ1) is 13.4. The lowest BCUT2D eigenvalue weighted by Gasteiger charge is -2.17. The van der Waals surface area contributed by atoms with E-state index in [0.717, 1.165) is 21.5 Å². The zero-order chi connectivity index (χ0) is 20.1. The number of nitrogens with zero attached hydrogens (tertiary/aromatic N) is 1. The van der Waals surface area contributed by atoms with Gasteiger partial charge in [-0.1, -0.05) is 41.9 Å². The summed E-state index contributed by atoms with van der Waals surface area (Å²) < 4.78 is 6.84. The SMILES string of the molecule is CC(C)CNC(=O)C1CC(=O)N(c2ccc(OCc3ccc(Br)cc3)cc2)C1. The minimum atomic E-state index is -0.292. The summed E-state index contributed by atoms with van der Waals surface area (Å²) in [6.07, 6.45) is 0.256. The van der Waals surface area contributed by atoms with Gasteiger partial charge in [-0.2, -0.15) is 0 Å². The summed E-state index contributed by atoms with van der Waals surface area (Å²) in [6.45, 7) is 5.63. The van der Waals surface area contributed by atoms with Crippen LogP contribution in [0, 0.1) is 11.8 Å². The maximum absolute atomic E-state index is 12.4. The van der Waals surface area contributed by atoms with Crippen molar-refractivity contribution in [2.75, 3.05) is 18.0 Å². The maximum Gasteiger partial charge on any atom is 0.227 e. The standard InChI is InChI=1S/C22H25BrN2O3/c1-15(2)12-24-22(27)17-11-21(26)25(13-17)19-7-9-20(10-8-19)28-14-16-3-5-18(23)6-4-16/h3-10,15,17H,11-14H2,1-2H3,(H,24,27). The first-order valence-corrected chi connectivity index (χ1v) is 10.3. The highest BCUT2D eigenvalue weighted by Gasteiger charge is 2.35. The fourth-order valence-electron chi connectivity index (χ4n) is 3.05. The van der Waals surface area contributed by atoms with Gasteiger partial charge in [0.05, 0.1) is 5.92 Å². The molecule has 1 fully saturated rings. The van der Waals surface area contributed by atoms with Crippen LogP contribution in [0.1, 0.15) is 25.8 Å². The fraction of sp³-hybridized carbons (Fsp3) is 0.364. The van der Waals surface area contributed by atoms with Gasteiger partial charge in [0, 0.05) is 29.7 Å². The average molecular weight is 445 g/mol. The highest BCUT2D eigenvalue weighted by Crippen LogP contribution is 2.27. The van der Waals surface area contributed by atoms with Gasteiger partial charge in [-0.3, -0.25) is 9.59 Å². The molecule has 1 aliphatic rings. The zero-order valence-corrected chi connectivity index (χ0v) is 17.7. The Morgan fingerprint density at radius 1 is 1.18 bits per heavy atom. The van der Waals surface area contributed by atoms with Gasteiger partial charge in [-0.05, 0) is 47.9 Å². The van der Waals surface area contributed by atoms with Gasteiger partial charge in [0.1, 0.15) is 12.4 Å². The van der Waals surface area contributed by atoms with Gasteiger partial charge < -0.3 is 15.0 Å². The van der Waals surface area contributed by atoms with Gasteiger partial charge >= 0.3 is 0 Å². The molecule has 1 N–H and O–H groups in total. The summed E-state index contributed by atoms with van der Waals surface area (Å²) in [5.41, 5.74) is 1.87. The van der Waals surface area contributed by atoms with Crippen LogP contribution in [0.4, 0.5) is 5.69 Å². The van der Waals surface area contributed by atoms with Crippen LogP contribution < -0.4 is 15.0 Å². The first kappa shape index (κ1) is 20.4. The van der Waals surface area contributed by atoms with Crippen molar-refractivity contribution in [3.8, 4) is 5.75 Å². The smallest absolute Gasteiger partial charge is 0.227 e. The number of carbonyl (C=O) groups excluding carboxylic acids is 2. The monoisotopic (exact) mass is 444 g/mol. The van der Waals surface area contributed by atoms with E-state index in [4.69, 9.17) is 4.74 Å². The van der Waals surface area contributed by atoms with Crippen LogP contribution >= 0.6 is 15.9 Å². The second-order valence-electron chi connectivity index (χ2n) is 7.45. The Bertz CT molecular complexity index is 819. The summed E-state index contributed by atoms with van der Waals surface area (Å²) in [4.78, 5) is 26.3. The molecule has 0 bridgehead atoms. The Balaban J connectivity index is 1.56. The van der Waals surface area contributed by atoms with Gasteiger partial charge in [-0.15, -0.1) is 0 Å². The second-order valence-corrected chi connectivity index (χ2v) is 8.37. The molecule has 1 saturated heterocycles. The Hall–Kier alpha value is -2.34. The number of halogens is 1. The summed E-state index contributed by atoms with van der Waals surface area (Å²) in [6, 6.07) is 15.4. The van der Waals surface area contributed by atoms with Crippen molar-refractivity contribution >= 4 is 33.4 Å². The van der Waals surface area contributed by atoms with Crippen LogP contribution in [0.2, 0.25) is 0 Å². The van der Waals surface area contributed by atoms with E-state index in [2.05, 4.69) is 21.2 Å². The Labute approximate surface area is 174 Å². The van der Waals surface area contributed by atoms with E-state index < -0.39 is 0 Å². The van der Waals surface area contributed by atoms with Crippen LogP contribution in [-0.4, -0.2) is 24.9 Å². The van der Waals surface area contributed by atoms with Gasteiger partial charge in [-0.25, -0.2) is 0 Å². The van der Waals surface area contributed by atoms with E-state index >= 15 is 0 Å². The molecule has 1 heterocycles. The number of anilines is 1. The molecule has 3 rings (SSSR count). The highest BCUT2D eigenvalue weighted by molar-refractivity contribution is 9.10. The predicted molar refractivity (Wildman–Crippen MR) is 113 cm³/mol. The first-order valence-electron chi connectivity index (χ1n) is 9.47. The molecule has 2 aromatic carbocycles. The van der Waals surface area contributed by atoms with E-state index in [1.807, 2.05) is 62.4 Å². The van der Waals surface area contributed by atoms with Crippen LogP contribution in [-0.2, 0) is 16.2 Å². The third-order valence-corrected chi connectivity index (χ3v) is 5.18. The van der Waals surface area contributed by atoms with E-state index in [1.165, 1.54) is 0 Å². The van der Waals surface area contributed by atoms with E-state index in [0.29, 0.717) is 25.6 Å². The lowest BCUT2D eigenvalue weighted by Crippen LogP contribution is -2.34. The lowest BCUT2D eigenvalue weighted by atomic mass is 10.1. The minimum Gasteiger partial charge on any atom is -0.489 e. The third-order valence-electron chi connectivity index (χ3n) is 4.65. The zero-order valence-electron chi connectivity index (χ0n) is 16.2. The van der Waals surface area contributed by atoms with E-state index in [-0.39, 0.29) is 24.2 Å². The van der Waals surface area contributed by atoms with Crippen LogP contribution in [0.3, 0.4) is 0 Å². The molecular weight excluding hydrogens is 420 g/mol. The predicted octanol–water partition coefficient (Wildman–Crippen LogP) is 4.15. The second kappa shape index (κ2) is 9.24. The highest BCUT2D eigenvalue weighted by atomic mass is 79.9. The lowest BCUT2D eigenvalue weighted by molar-refractivity contribution is -0.126. The average Bonchev–Trinajstić information content (AvgIpc) is 3.08. The molecule has 2 amide bonds. The quantitative estimate of drug-likeness (QED) is 0.697. The normalized spacial score (nSPS) is 16.5. The Kier molecular flexibility index (Phi) is 6.73. The molecule has 1 unspecified atom stereocenters. The molecule has 6 heteroatoms. The minimum absolute atomic E-state index is 0.0202. The maximum atomic E-state index is 12.4. The van der Waals surface area contributed by atoms with Gasteiger partial charge in [0.25, 0.3) is 0 Å². The molecule has 0 saturated carbocycles. The number of amides is 2. The van der Waals surface area contributed by atoms with Crippen LogP contribution in [0.15, 0.2) is 53.0 Å². The molecule has 1 atom stereocenters. The molecule has 0 spiro atoms. The number of ether oxygens (including phenoxy) is 1. The molecule has 1 aliphatic heterocycles. The van der Waals surface area contributed by atoms with Crippen molar-refractivity contribution in [1.82, 2.24) is 5.32 Å². The van der Waals surface area contributed by atoms with Crippen molar-refractivity contribution in [3.63, 3.8) is 0 Å². The number of rotatable bonds is 7. The molecule has 28 heavy (non-hydrogen) atoms. The summed E-state index contributed by atoms with van der Waals surface area (Å²) >= 11 is 3.42. The number of hydrogen-bond donors (Lipinski definition) is 1. The molecule has 0 aliphatic carbocycles. The van der Waals surface area contributed by atoms with Gasteiger partial charge in [0.15, 0.2) is 0 Å². The summed E-state index contributed by atoms with van der Waals surface area (Å²) in [7, 11) is 0. The number of nitrogens with one attached hydrogen (secondary N) is 1. The fourth-order valence-corrected chi connectivity index (χ4v) is 3.32. The van der Waals surface area contributed by atoms with Gasteiger partial charge in [0.2, 0.25) is 11.8 Å². The molecular formula is C22H25BrN2O3. The topological polar surface area (TPSA) is 58.6 Å².